The van der Waals surface area contributed by atoms with Gasteiger partial charge in [0.2, 0.25) is 5.91 Å². The van der Waals surface area contributed by atoms with E-state index in [2.05, 4.69) is 41.5 Å². The highest BCUT2D eigenvalue weighted by Gasteiger charge is 2.26. The molecular weight excluding hydrogens is 302 g/mol. The van der Waals surface area contributed by atoms with E-state index in [1.807, 2.05) is 12.1 Å². The van der Waals surface area contributed by atoms with Gasteiger partial charge in [-0.05, 0) is 33.9 Å². The highest BCUT2D eigenvalue weighted by molar-refractivity contribution is 5.76. The second kappa shape index (κ2) is 7.56. The summed E-state index contributed by atoms with van der Waals surface area (Å²) in [5.41, 5.74) is 2.56. The van der Waals surface area contributed by atoms with E-state index in [-0.39, 0.29) is 23.3 Å². The fourth-order valence-corrected chi connectivity index (χ4v) is 2.70. The highest BCUT2D eigenvalue weighted by Crippen LogP contribution is 2.39. The minimum atomic E-state index is -0.169. The van der Waals surface area contributed by atoms with E-state index in [9.17, 15) is 9.90 Å². The van der Waals surface area contributed by atoms with Gasteiger partial charge in [0, 0.05) is 20.0 Å². The average Bonchev–Trinajstić information content (AvgIpc) is 2.43. The van der Waals surface area contributed by atoms with Crippen LogP contribution < -0.4 is 0 Å². The number of phenolic OH excluding ortho intramolecular Hbond substituents is 1. The largest absolute Gasteiger partial charge is 0.507 e. The summed E-state index contributed by atoms with van der Waals surface area (Å²) in [5, 5.41) is 19.6. The van der Waals surface area contributed by atoms with Crippen LogP contribution in [0.4, 0.5) is 0 Å². The van der Waals surface area contributed by atoms with Gasteiger partial charge in [0.25, 0.3) is 0 Å². The Kier molecular flexibility index (Phi) is 6.45. The van der Waals surface area contributed by atoms with Crippen LogP contribution in [0.1, 0.15) is 64.7 Å². The number of nitrogens with zero attached hydrogens (tertiary/aromatic N) is 1. The highest BCUT2D eigenvalue weighted by atomic mass is 16.3. The number of hydrogen-bond donors (Lipinski definition) is 2. The van der Waals surface area contributed by atoms with Gasteiger partial charge in [-0.25, -0.2) is 0 Å². The Morgan fingerprint density at radius 2 is 1.50 bits per heavy atom. The molecule has 1 aromatic rings. The summed E-state index contributed by atoms with van der Waals surface area (Å²) < 4.78 is 0. The summed E-state index contributed by atoms with van der Waals surface area (Å²) >= 11 is 0. The molecule has 1 rings (SSSR count). The number of phenols is 1. The summed E-state index contributed by atoms with van der Waals surface area (Å²) in [6.07, 6.45) is 1.02. The average molecular weight is 335 g/mol. The maximum atomic E-state index is 12.1. The van der Waals surface area contributed by atoms with Gasteiger partial charge in [-0.15, -0.1) is 0 Å². The summed E-state index contributed by atoms with van der Waals surface area (Å²) in [6, 6.07) is 4.04. The molecule has 2 N–H and O–H groups in total. The van der Waals surface area contributed by atoms with Crippen molar-refractivity contribution in [2.45, 2.75) is 65.2 Å². The van der Waals surface area contributed by atoms with Gasteiger partial charge in [-0.1, -0.05) is 53.7 Å². The van der Waals surface area contributed by atoms with Gasteiger partial charge in [-0.2, -0.15) is 0 Å². The van der Waals surface area contributed by atoms with Crippen molar-refractivity contribution in [3.05, 3.63) is 28.8 Å². The van der Waals surface area contributed by atoms with Crippen LogP contribution in [-0.2, 0) is 22.0 Å². The van der Waals surface area contributed by atoms with Crippen molar-refractivity contribution in [3.8, 4) is 5.75 Å². The van der Waals surface area contributed by atoms with Crippen LogP contribution in [0.2, 0.25) is 0 Å². The molecule has 0 aliphatic carbocycles. The number of hydrogen-bond acceptors (Lipinski definition) is 3. The number of aromatic hydroxyl groups is 1. The van der Waals surface area contributed by atoms with E-state index < -0.39 is 0 Å². The summed E-state index contributed by atoms with van der Waals surface area (Å²) in [6.45, 7) is 12.8. The first-order valence-corrected chi connectivity index (χ1v) is 8.59. The van der Waals surface area contributed by atoms with Gasteiger partial charge in [0.1, 0.15) is 5.75 Å². The van der Waals surface area contributed by atoms with Crippen LogP contribution in [0.25, 0.3) is 0 Å². The second-order valence-corrected chi connectivity index (χ2v) is 8.58. The molecule has 0 spiro atoms. The van der Waals surface area contributed by atoms with Crippen LogP contribution >= 0.6 is 0 Å². The Labute approximate surface area is 146 Å². The molecular formula is C20H33NO3. The third kappa shape index (κ3) is 5.23. The lowest BCUT2D eigenvalue weighted by Gasteiger charge is -2.28. The van der Waals surface area contributed by atoms with Gasteiger partial charge >= 0.3 is 0 Å². The van der Waals surface area contributed by atoms with Gasteiger partial charge in [0.15, 0.2) is 0 Å². The molecule has 0 heterocycles. The zero-order valence-corrected chi connectivity index (χ0v) is 16.2. The van der Waals surface area contributed by atoms with Gasteiger partial charge in [0.05, 0.1) is 6.61 Å². The molecule has 4 nitrogen and oxygen atoms in total. The number of aliphatic hydroxyl groups is 1. The Morgan fingerprint density at radius 3 is 1.88 bits per heavy atom. The van der Waals surface area contributed by atoms with Crippen molar-refractivity contribution in [2.24, 2.45) is 0 Å². The van der Waals surface area contributed by atoms with Crippen molar-refractivity contribution < 1.29 is 15.0 Å². The van der Waals surface area contributed by atoms with Gasteiger partial charge < -0.3 is 15.1 Å². The first-order valence-electron chi connectivity index (χ1n) is 8.59. The van der Waals surface area contributed by atoms with E-state index in [0.29, 0.717) is 25.1 Å². The van der Waals surface area contributed by atoms with Crippen LogP contribution in [0, 0.1) is 0 Å². The van der Waals surface area contributed by atoms with Gasteiger partial charge in [-0.3, -0.25) is 4.79 Å². The molecule has 1 aromatic carbocycles. The maximum Gasteiger partial charge on any atom is 0.222 e. The second-order valence-electron chi connectivity index (χ2n) is 8.58. The van der Waals surface area contributed by atoms with Crippen LogP contribution in [-0.4, -0.2) is 41.2 Å². The summed E-state index contributed by atoms with van der Waals surface area (Å²) in [4.78, 5) is 13.7. The molecule has 0 aliphatic heterocycles. The lowest BCUT2D eigenvalue weighted by atomic mass is 9.78. The number of carbonyl (C=O) groups excluding carboxylic acids is 1. The number of benzene rings is 1. The van der Waals surface area contributed by atoms with Crippen LogP contribution in [0.5, 0.6) is 5.75 Å². The molecule has 0 saturated heterocycles. The number of likely N-dealkylation sites (N-methyl/N-ethyl adjacent to an activating group) is 1. The van der Waals surface area contributed by atoms with E-state index in [4.69, 9.17) is 5.11 Å². The number of aryl methyl sites for hydroxylation is 1. The first kappa shape index (κ1) is 20.5. The van der Waals surface area contributed by atoms with Crippen molar-refractivity contribution >= 4 is 5.91 Å². The smallest absolute Gasteiger partial charge is 0.222 e. The zero-order chi connectivity index (χ0) is 18.7. The molecule has 0 aliphatic rings. The molecule has 4 heteroatoms. The van der Waals surface area contributed by atoms with Crippen molar-refractivity contribution in [1.82, 2.24) is 4.90 Å². The molecule has 0 fully saturated rings. The first-order chi connectivity index (χ1) is 10.9. The monoisotopic (exact) mass is 335 g/mol. The predicted molar refractivity (Wildman–Crippen MR) is 98.6 cm³/mol. The third-order valence-corrected chi connectivity index (χ3v) is 4.27. The quantitative estimate of drug-likeness (QED) is 0.867. The molecule has 136 valence electrons. The van der Waals surface area contributed by atoms with Crippen molar-refractivity contribution in [1.29, 1.82) is 0 Å². The third-order valence-electron chi connectivity index (χ3n) is 4.27. The number of rotatable bonds is 5. The standard InChI is InChI=1S/C20H33NO3/c1-19(2,3)15-12-14(8-9-17(23)21(7)10-11-22)13-16(18(15)24)20(4,5)6/h12-13,22,24H,8-11H2,1-7H3. The topological polar surface area (TPSA) is 60.8 Å². The Balaban J connectivity index is 3.14. The Bertz CT molecular complexity index is 545. The predicted octanol–water partition coefficient (Wildman–Crippen LogP) is 3.37. The normalized spacial score (nSPS) is 12.3. The number of aliphatic hydroxyl groups excluding tert-OH is 1. The number of carbonyl (C=O) groups is 1. The molecule has 0 unspecified atom stereocenters. The molecule has 0 aromatic heterocycles. The van der Waals surface area contributed by atoms with Crippen molar-refractivity contribution in [2.75, 3.05) is 20.2 Å². The molecule has 0 saturated carbocycles. The molecule has 0 bridgehead atoms. The Hall–Kier alpha value is -1.55. The van der Waals surface area contributed by atoms with E-state index in [1.165, 1.54) is 0 Å². The lowest BCUT2D eigenvalue weighted by molar-refractivity contribution is -0.130. The minimum Gasteiger partial charge on any atom is -0.507 e. The minimum absolute atomic E-state index is 0.0201. The number of amides is 1. The summed E-state index contributed by atoms with van der Waals surface area (Å²) in [5.74, 6) is 0.384. The van der Waals surface area contributed by atoms with E-state index >= 15 is 0 Å². The van der Waals surface area contributed by atoms with Crippen molar-refractivity contribution in [3.63, 3.8) is 0 Å². The Morgan fingerprint density at radius 1 is 1.04 bits per heavy atom. The SMILES string of the molecule is CN(CCO)C(=O)CCc1cc(C(C)(C)C)c(O)c(C(C)(C)C)c1. The van der Waals surface area contributed by atoms with E-state index in [0.717, 1.165) is 16.7 Å². The van der Waals surface area contributed by atoms with Crippen LogP contribution in [0.3, 0.4) is 0 Å². The van der Waals surface area contributed by atoms with E-state index in [1.54, 1.807) is 11.9 Å². The zero-order valence-electron chi connectivity index (χ0n) is 16.2. The summed E-state index contributed by atoms with van der Waals surface area (Å²) in [7, 11) is 1.70. The molecule has 0 radical (unpaired) electrons. The fraction of sp³-hybridized carbons (Fsp3) is 0.650. The molecule has 1 amide bonds. The molecule has 0 atom stereocenters. The lowest BCUT2D eigenvalue weighted by Crippen LogP contribution is -2.29. The maximum absolute atomic E-state index is 12.1. The van der Waals surface area contributed by atoms with Crippen LogP contribution in [0.15, 0.2) is 12.1 Å². The molecule has 24 heavy (non-hydrogen) atoms. The fourth-order valence-electron chi connectivity index (χ4n) is 2.70.